The van der Waals surface area contributed by atoms with Crippen molar-refractivity contribution < 1.29 is 14.6 Å². The fraction of sp³-hybridized carbons (Fsp3) is 0.538. The molecule has 18 heavy (non-hydrogen) atoms. The molecule has 1 heterocycles. The smallest absolute Gasteiger partial charge is 0.339 e. The number of nitrogens with one attached hydrogen (secondary N) is 1. The highest BCUT2D eigenvalue weighted by atomic mass is 16.5. The van der Waals surface area contributed by atoms with Gasteiger partial charge in [0.05, 0.1) is 18.4 Å². The molecule has 5 nitrogen and oxygen atoms in total. The van der Waals surface area contributed by atoms with Crippen molar-refractivity contribution in [1.82, 2.24) is 10.3 Å². The van der Waals surface area contributed by atoms with E-state index in [1.54, 1.807) is 12.1 Å². The van der Waals surface area contributed by atoms with Gasteiger partial charge in [-0.05, 0) is 25.0 Å². The normalized spacial score (nSPS) is 12.2. The number of aromatic nitrogens is 1. The van der Waals surface area contributed by atoms with Crippen molar-refractivity contribution in [2.24, 2.45) is 0 Å². The van der Waals surface area contributed by atoms with Gasteiger partial charge in [-0.1, -0.05) is 6.92 Å². The molecule has 1 aromatic rings. The van der Waals surface area contributed by atoms with E-state index in [-0.39, 0.29) is 18.6 Å². The van der Waals surface area contributed by atoms with Crippen LogP contribution in [0.4, 0.5) is 0 Å². The molecule has 1 unspecified atom stereocenters. The summed E-state index contributed by atoms with van der Waals surface area (Å²) in [4.78, 5) is 15.4. The molecule has 0 amide bonds. The topological polar surface area (TPSA) is 71.5 Å². The first kappa shape index (κ1) is 14.6. The molecular weight excluding hydrogens is 232 g/mol. The van der Waals surface area contributed by atoms with E-state index in [4.69, 9.17) is 5.11 Å². The van der Waals surface area contributed by atoms with E-state index in [1.165, 1.54) is 13.3 Å². The summed E-state index contributed by atoms with van der Waals surface area (Å²) in [5.41, 5.74) is 1.31. The van der Waals surface area contributed by atoms with E-state index in [0.29, 0.717) is 12.1 Å². The number of carbonyl (C=O) groups is 1. The minimum atomic E-state index is -0.381. The maximum atomic E-state index is 11.2. The third-order valence-electron chi connectivity index (χ3n) is 2.79. The van der Waals surface area contributed by atoms with Gasteiger partial charge in [0.2, 0.25) is 0 Å². The van der Waals surface area contributed by atoms with Crippen molar-refractivity contribution in [2.45, 2.75) is 32.4 Å². The van der Waals surface area contributed by atoms with Gasteiger partial charge in [-0.15, -0.1) is 0 Å². The lowest BCUT2D eigenvalue weighted by Gasteiger charge is -2.15. The number of esters is 1. The summed E-state index contributed by atoms with van der Waals surface area (Å²) in [5.74, 6) is -0.381. The number of aliphatic hydroxyl groups is 1. The molecule has 0 aliphatic carbocycles. The Morgan fingerprint density at radius 1 is 1.56 bits per heavy atom. The maximum absolute atomic E-state index is 11.2. The molecule has 0 spiro atoms. The van der Waals surface area contributed by atoms with Crippen LogP contribution in [0.15, 0.2) is 18.3 Å². The molecule has 0 aliphatic heterocycles. The lowest BCUT2D eigenvalue weighted by atomic mass is 10.1. The molecule has 0 saturated heterocycles. The van der Waals surface area contributed by atoms with Crippen LogP contribution in [0, 0.1) is 0 Å². The van der Waals surface area contributed by atoms with E-state index < -0.39 is 0 Å². The van der Waals surface area contributed by atoms with Gasteiger partial charge in [0.25, 0.3) is 0 Å². The standard InChI is InChI=1S/C13H20N2O3/c1-3-11(6-7-16)15-9-12-5-4-10(8-14-12)13(17)18-2/h4-5,8,11,15-16H,3,6-7,9H2,1-2H3. The van der Waals surface area contributed by atoms with Crippen LogP contribution in [0.5, 0.6) is 0 Å². The van der Waals surface area contributed by atoms with Crippen molar-refractivity contribution in [3.05, 3.63) is 29.6 Å². The van der Waals surface area contributed by atoms with E-state index in [9.17, 15) is 4.79 Å². The molecule has 1 rings (SSSR count). The van der Waals surface area contributed by atoms with Crippen LogP contribution in [0.1, 0.15) is 35.8 Å². The second-order valence-electron chi connectivity index (χ2n) is 4.03. The quantitative estimate of drug-likeness (QED) is 0.711. The van der Waals surface area contributed by atoms with Crippen molar-refractivity contribution >= 4 is 5.97 Å². The SMILES string of the molecule is CCC(CCO)NCc1ccc(C(=O)OC)cn1. The fourth-order valence-corrected chi connectivity index (χ4v) is 1.62. The van der Waals surface area contributed by atoms with Gasteiger partial charge in [-0.3, -0.25) is 4.98 Å². The lowest BCUT2D eigenvalue weighted by Crippen LogP contribution is -2.29. The first-order chi connectivity index (χ1) is 8.71. The van der Waals surface area contributed by atoms with Gasteiger partial charge in [0.15, 0.2) is 0 Å². The van der Waals surface area contributed by atoms with Crippen molar-refractivity contribution in [3.8, 4) is 0 Å². The minimum Gasteiger partial charge on any atom is -0.465 e. The largest absolute Gasteiger partial charge is 0.465 e. The van der Waals surface area contributed by atoms with Gasteiger partial charge >= 0.3 is 5.97 Å². The summed E-state index contributed by atoms with van der Waals surface area (Å²) in [6, 6.07) is 3.78. The lowest BCUT2D eigenvalue weighted by molar-refractivity contribution is 0.0600. The number of pyridine rings is 1. The highest BCUT2D eigenvalue weighted by molar-refractivity contribution is 5.88. The zero-order valence-electron chi connectivity index (χ0n) is 10.8. The van der Waals surface area contributed by atoms with Gasteiger partial charge in [-0.25, -0.2) is 4.79 Å². The van der Waals surface area contributed by atoms with Crippen molar-refractivity contribution in [3.63, 3.8) is 0 Å². The molecule has 100 valence electrons. The van der Waals surface area contributed by atoms with E-state index in [1.807, 2.05) is 0 Å². The number of methoxy groups -OCH3 is 1. The number of hydrogen-bond donors (Lipinski definition) is 2. The first-order valence-electron chi connectivity index (χ1n) is 6.08. The third kappa shape index (κ3) is 4.43. The molecule has 0 aliphatic rings. The highest BCUT2D eigenvalue weighted by Gasteiger charge is 2.07. The van der Waals surface area contributed by atoms with E-state index in [0.717, 1.165) is 18.5 Å². The molecule has 5 heteroatoms. The Bertz CT molecular complexity index is 365. The first-order valence-corrected chi connectivity index (χ1v) is 6.08. The maximum Gasteiger partial charge on any atom is 0.339 e. The van der Waals surface area contributed by atoms with Crippen LogP contribution in [0.25, 0.3) is 0 Å². The Hall–Kier alpha value is -1.46. The highest BCUT2D eigenvalue weighted by Crippen LogP contribution is 2.03. The fourth-order valence-electron chi connectivity index (χ4n) is 1.62. The van der Waals surface area contributed by atoms with Crippen molar-refractivity contribution in [2.75, 3.05) is 13.7 Å². The molecule has 0 aromatic carbocycles. The number of nitrogens with zero attached hydrogens (tertiary/aromatic N) is 1. The van der Waals surface area contributed by atoms with Crippen LogP contribution in [0.3, 0.4) is 0 Å². The summed E-state index contributed by atoms with van der Waals surface area (Å²) in [5, 5.41) is 12.2. The number of rotatable bonds is 7. The molecule has 0 fully saturated rings. The van der Waals surface area contributed by atoms with Crippen LogP contribution in [0.2, 0.25) is 0 Å². The van der Waals surface area contributed by atoms with Gasteiger partial charge in [0, 0.05) is 25.4 Å². The number of ether oxygens (including phenoxy) is 1. The van der Waals surface area contributed by atoms with Crippen LogP contribution < -0.4 is 5.32 Å². The monoisotopic (exact) mass is 252 g/mol. The molecule has 1 aromatic heterocycles. The summed E-state index contributed by atoms with van der Waals surface area (Å²) in [6.45, 7) is 2.88. The molecule has 1 atom stereocenters. The van der Waals surface area contributed by atoms with Gasteiger partial charge < -0.3 is 15.2 Å². The van der Waals surface area contributed by atoms with Crippen LogP contribution in [-0.4, -0.2) is 35.8 Å². The Kier molecular flexibility index (Phi) is 6.32. The van der Waals surface area contributed by atoms with Gasteiger partial charge in [0.1, 0.15) is 0 Å². The zero-order chi connectivity index (χ0) is 13.4. The molecule has 0 bridgehead atoms. The van der Waals surface area contributed by atoms with E-state index >= 15 is 0 Å². The second-order valence-corrected chi connectivity index (χ2v) is 4.03. The van der Waals surface area contributed by atoms with Gasteiger partial charge in [-0.2, -0.15) is 0 Å². The molecular formula is C13H20N2O3. The Balaban J connectivity index is 2.50. The van der Waals surface area contributed by atoms with E-state index in [2.05, 4.69) is 22.0 Å². The number of hydrogen-bond acceptors (Lipinski definition) is 5. The Labute approximate surface area is 107 Å². The predicted octanol–water partition coefficient (Wildman–Crippen LogP) is 1.12. The summed E-state index contributed by atoms with van der Waals surface area (Å²) < 4.78 is 4.60. The summed E-state index contributed by atoms with van der Waals surface area (Å²) in [6.07, 6.45) is 3.20. The average molecular weight is 252 g/mol. The predicted molar refractivity (Wildman–Crippen MR) is 68.2 cm³/mol. The average Bonchev–Trinajstić information content (AvgIpc) is 2.43. The summed E-state index contributed by atoms with van der Waals surface area (Å²) >= 11 is 0. The molecule has 2 N–H and O–H groups in total. The minimum absolute atomic E-state index is 0.181. The summed E-state index contributed by atoms with van der Waals surface area (Å²) in [7, 11) is 1.35. The van der Waals surface area contributed by atoms with Crippen molar-refractivity contribution in [1.29, 1.82) is 0 Å². The molecule has 0 saturated carbocycles. The Morgan fingerprint density at radius 2 is 2.33 bits per heavy atom. The molecule has 0 radical (unpaired) electrons. The number of aliphatic hydroxyl groups excluding tert-OH is 1. The third-order valence-corrected chi connectivity index (χ3v) is 2.79. The van der Waals surface area contributed by atoms with Crippen LogP contribution >= 0.6 is 0 Å². The Morgan fingerprint density at radius 3 is 2.83 bits per heavy atom. The second kappa shape index (κ2) is 7.79. The number of carbonyl (C=O) groups excluding carboxylic acids is 1. The van der Waals surface area contributed by atoms with Crippen LogP contribution in [-0.2, 0) is 11.3 Å². The zero-order valence-corrected chi connectivity index (χ0v) is 10.8.